The van der Waals surface area contributed by atoms with Crippen LogP contribution in [0.2, 0.25) is 0 Å². The van der Waals surface area contributed by atoms with Gasteiger partial charge < -0.3 is 4.90 Å². The average Bonchev–Trinajstić information content (AvgIpc) is 2.99. The topological polar surface area (TPSA) is 69.7 Å². The van der Waals surface area contributed by atoms with E-state index in [0.717, 1.165) is 37.0 Å². The standard InChI is InChI=1S/C23H29N3O3S/c27-23(12-14-24-30(28,29)19-13-21-8-3-1-4-9-21)26-16-7-15-25(17-18-26)20-22-10-5-2-6-11-22/h1-6,8-11,13,19,24H,7,12,14-18,20H2/b19-13+. The number of nitrogens with zero attached hydrogens (tertiary/aromatic N) is 2. The molecular formula is C23H29N3O3S. The molecule has 1 aliphatic heterocycles. The quantitative estimate of drug-likeness (QED) is 0.703. The molecule has 160 valence electrons. The highest BCUT2D eigenvalue weighted by atomic mass is 32.2. The Morgan fingerprint density at radius 2 is 1.63 bits per heavy atom. The van der Waals surface area contributed by atoms with Crippen molar-refractivity contribution < 1.29 is 13.2 Å². The minimum Gasteiger partial charge on any atom is -0.341 e. The molecule has 0 atom stereocenters. The van der Waals surface area contributed by atoms with E-state index in [-0.39, 0.29) is 18.9 Å². The smallest absolute Gasteiger partial charge is 0.233 e. The summed E-state index contributed by atoms with van der Waals surface area (Å²) in [6, 6.07) is 19.6. The molecule has 0 unspecified atom stereocenters. The molecule has 0 aromatic heterocycles. The van der Waals surface area contributed by atoms with Gasteiger partial charge in [-0.2, -0.15) is 0 Å². The monoisotopic (exact) mass is 427 g/mol. The van der Waals surface area contributed by atoms with Gasteiger partial charge in [0.25, 0.3) is 0 Å². The van der Waals surface area contributed by atoms with E-state index in [0.29, 0.717) is 13.1 Å². The van der Waals surface area contributed by atoms with E-state index in [4.69, 9.17) is 0 Å². The Labute approximate surface area is 179 Å². The van der Waals surface area contributed by atoms with Crippen molar-refractivity contribution in [2.45, 2.75) is 19.4 Å². The first-order chi connectivity index (χ1) is 14.5. The first kappa shape index (κ1) is 22.2. The van der Waals surface area contributed by atoms with Crippen molar-refractivity contribution in [1.82, 2.24) is 14.5 Å². The molecule has 0 radical (unpaired) electrons. The highest BCUT2D eigenvalue weighted by Gasteiger charge is 2.19. The minimum absolute atomic E-state index is 0.00806. The minimum atomic E-state index is -3.57. The van der Waals surface area contributed by atoms with Crippen molar-refractivity contribution in [1.29, 1.82) is 0 Å². The van der Waals surface area contributed by atoms with Gasteiger partial charge in [-0.1, -0.05) is 60.7 Å². The summed E-state index contributed by atoms with van der Waals surface area (Å²) in [5.74, 6) is -0.00806. The van der Waals surface area contributed by atoms with Crippen molar-refractivity contribution in [3.63, 3.8) is 0 Å². The maximum absolute atomic E-state index is 12.5. The number of benzene rings is 2. The van der Waals surface area contributed by atoms with Crippen LogP contribution in [0.4, 0.5) is 0 Å². The van der Waals surface area contributed by atoms with Crippen LogP contribution in [0, 0.1) is 0 Å². The Morgan fingerprint density at radius 3 is 2.37 bits per heavy atom. The van der Waals surface area contributed by atoms with Crippen LogP contribution in [0.5, 0.6) is 0 Å². The highest BCUT2D eigenvalue weighted by Crippen LogP contribution is 2.10. The summed E-state index contributed by atoms with van der Waals surface area (Å²) in [6.45, 7) is 4.15. The van der Waals surface area contributed by atoms with Gasteiger partial charge >= 0.3 is 0 Å². The van der Waals surface area contributed by atoms with Gasteiger partial charge in [-0.15, -0.1) is 0 Å². The van der Waals surface area contributed by atoms with Gasteiger partial charge in [0.1, 0.15) is 0 Å². The second-order valence-electron chi connectivity index (χ2n) is 7.40. The average molecular weight is 428 g/mol. The maximum atomic E-state index is 12.5. The Balaban J connectivity index is 1.42. The van der Waals surface area contributed by atoms with Gasteiger partial charge in [-0.25, -0.2) is 13.1 Å². The number of hydrogen-bond donors (Lipinski definition) is 1. The van der Waals surface area contributed by atoms with Crippen LogP contribution in [0.15, 0.2) is 66.1 Å². The number of amides is 1. The number of hydrogen-bond acceptors (Lipinski definition) is 4. The molecule has 6 nitrogen and oxygen atoms in total. The molecule has 3 rings (SSSR count). The molecule has 0 spiro atoms. The van der Waals surface area contributed by atoms with Crippen molar-refractivity contribution >= 4 is 22.0 Å². The van der Waals surface area contributed by atoms with Crippen LogP contribution in [-0.2, 0) is 21.4 Å². The lowest BCUT2D eigenvalue weighted by molar-refractivity contribution is -0.130. The first-order valence-electron chi connectivity index (χ1n) is 10.3. The van der Waals surface area contributed by atoms with Crippen molar-refractivity contribution in [3.05, 3.63) is 77.2 Å². The van der Waals surface area contributed by atoms with Crippen molar-refractivity contribution in [2.24, 2.45) is 0 Å². The zero-order valence-corrected chi connectivity index (χ0v) is 17.9. The van der Waals surface area contributed by atoms with E-state index < -0.39 is 10.0 Å². The number of rotatable bonds is 8. The van der Waals surface area contributed by atoms with Crippen LogP contribution < -0.4 is 4.72 Å². The second-order valence-corrected chi connectivity index (χ2v) is 9.05. The molecule has 7 heteroatoms. The predicted octanol–water partition coefficient (Wildman–Crippen LogP) is 2.70. The Morgan fingerprint density at radius 1 is 0.933 bits per heavy atom. The third-order valence-electron chi connectivity index (χ3n) is 5.07. The normalized spacial score (nSPS) is 15.9. The Bertz CT molecular complexity index is 931. The van der Waals surface area contributed by atoms with E-state index in [1.807, 2.05) is 53.4 Å². The van der Waals surface area contributed by atoms with E-state index in [1.54, 1.807) is 6.08 Å². The molecule has 1 aliphatic rings. The molecule has 2 aromatic rings. The predicted molar refractivity (Wildman–Crippen MR) is 120 cm³/mol. The number of nitrogens with one attached hydrogen (secondary N) is 1. The zero-order chi connectivity index (χ0) is 21.2. The van der Waals surface area contributed by atoms with E-state index >= 15 is 0 Å². The van der Waals surface area contributed by atoms with Gasteiger partial charge in [0.15, 0.2) is 0 Å². The molecule has 0 aliphatic carbocycles. The summed E-state index contributed by atoms with van der Waals surface area (Å²) in [4.78, 5) is 16.7. The van der Waals surface area contributed by atoms with E-state index in [1.165, 1.54) is 5.56 Å². The van der Waals surface area contributed by atoms with Gasteiger partial charge in [0.2, 0.25) is 15.9 Å². The number of carbonyl (C=O) groups excluding carboxylic acids is 1. The SMILES string of the molecule is O=C(CCNS(=O)(=O)/C=C/c1ccccc1)N1CCCN(Cc2ccccc2)CC1. The summed E-state index contributed by atoms with van der Waals surface area (Å²) < 4.78 is 26.7. The Hall–Kier alpha value is -2.48. The Kier molecular flexibility index (Phi) is 8.19. The van der Waals surface area contributed by atoms with E-state index in [2.05, 4.69) is 21.8 Å². The zero-order valence-electron chi connectivity index (χ0n) is 17.1. The van der Waals surface area contributed by atoms with Crippen molar-refractivity contribution in [2.75, 3.05) is 32.7 Å². The van der Waals surface area contributed by atoms with Crippen LogP contribution in [0.1, 0.15) is 24.0 Å². The van der Waals surface area contributed by atoms with Crippen LogP contribution >= 0.6 is 0 Å². The lowest BCUT2D eigenvalue weighted by Gasteiger charge is -2.22. The number of sulfonamides is 1. The van der Waals surface area contributed by atoms with Crippen molar-refractivity contribution in [3.8, 4) is 0 Å². The first-order valence-corrected chi connectivity index (χ1v) is 11.8. The van der Waals surface area contributed by atoms with Crippen LogP contribution in [-0.4, -0.2) is 56.8 Å². The molecule has 0 saturated carbocycles. The van der Waals surface area contributed by atoms with Gasteiger partial charge in [0, 0.05) is 51.1 Å². The molecule has 1 fully saturated rings. The fraction of sp³-hybridized carbons (Fsp3) is 0.348. The summed E-state index contributed by atoms with van der Waals surface area (Å²) in [5, 5.41) is 1.14. The van der Waals surface area contributed by atoms with Gasteiger partial charge in [-0.05, 0) is 23.6 Å². The maximum Gasteiger partial charge on any atom is 0.233 e. The number of carbonyl (C=O) groups is 1. The lowest BCUT2D eigenvalue weighted by atomic mass is 10.2. The second kappa shape index (κ2) is 11.1. The largest absolute Gasteiger partial charge is 0.341 e. The third kappa shape index (κ3) is 7.40. The van der Waals surface area contributed by atoms with E-state index in [9.17, 15) is 13.2 Å². The fourth-order valence-corrected chi connectivity index (χ4v) is 4.28. The molecule has 1 saturated heterocycles. The summed E-state index contributed by atoms with van der Waals surface area (Å²) in [5.41, 5.74) is 2.08. The molecular weight excluding hydrogens is 398 g/mol. The molecule has 30 heavy (non-hydrogen) atoms. The van der Waals surface area contributed by atoms with Gasteiger partial charge in [0.05, 0.1) is 0 Å². The summed E-state index contributed by atoms with van der Waals surface area (Å²) in [7, 11) is -3.57. The van der Waals surface area contributed by atoms with Crippen LogP contribution in [0.3, 0.4) is 0 Å². The molecule has 1 N–H and O–H groups in total. The molecule has 2 aromatic carbocycles. The fourth-order valence-electron chi connectivity index (χ4n) is 3.46. The molecule has 1 amide bonds. The lowest BCUT2D eigenvalue weighted by Crippen LogP contribution is -2.37. The van der Waals surface area contributed by atoms with Gasteiger partial charge in [-0.3, -0.25) is 9.69 Å². The van der Waals surface area contributed by atoms with Crippen LogP contribution in [0.25, 0.3) is 6.08 Å². The molecule has 1 heterocycles. The third-order valence-corrected chi connectivity index (χ3v) is 6.17. The summed E-state index contributed by atoms with van der Waals surface area (Å²) >= 11 is 0. The highest BCUT2D eigenvalue weighted by molar-refractivity contribution is 7.92. The molecule has 0 bridgehead atoms. The summed E-state index contributed by atoms with van der Waals surface area (Å²) in [6.07, 6.45) is 2.63.